The third kappa shape index (κ3) is 4.58. The van der Waals surface area contributed by atoms with Crippen LogP contribution < -0.4 is 0 Å². The largest absolute Gasteiger partial charge is 0.385 e. The average Bonchev–Trinajstić information content (AvgIpc) is 2.72. The number of hydrogen-bond acceptors (Lipinski definition) is 3. The van der Waals surface area contributed by atoms with Crippen molar-refractivity contribution in [2.45, 2.75) is 43.6 Å². The van der Waals surface area contributed by atoms with Crippen molar-refractivity contribution in [3.8, 4) is 0 Å². The summed E-state index contributed by atoms with van der Waals surface area (Å²) in [7, 11) is 4.15. The highest BCUT2D eigenvalue weighted by Crippen LogP contribution is 2.47. The summed E-state index contributed by atoms with van der Waals surface area (Å²) in [5.41, 5.74) is 2.51. The van der Waals surface area contributed by atoms with Crippen molar-refractivity contribution in [1.29, 1.82) is 0 Å². The van der Waals surface area contributed by atoms with Gasteiger partial charge in [-0.15, -0.1) is 12.4 Å². The Labute approximate surface area is 167 Å². The Morgan fingerprint density at radius 1 is 1.27 bits per heavy atom. The molecule has 1 N–H and O–H groups in total. The molecule has 0 bridgehead atoms. The maximum absolute atomic E-state index is 11.9. The number of aliphatic hydroxyl groups is 1. The lowest BCUT2D eigenvalue weighted by atomic mass is 9.73. The van der Waals surface area contributed by atoms with Crippen molar-refractivity contribution in [2.24, 2.45) is 0 Å². The van der Waals surface area contributed by atoms with Crippen molar-refractivity contribution in [1.82, 2.24) is 9.88 Å². The molecule has 3 rings (SSSR count). The molecule has 1 aliphatic carbocycles. The Hall–Kier alpha value is -1.13. The van der Waals surface area contributed by atoms with Gasteiger partial charge in [0.05, 0.1) is 10.6 Å². The third-order valence-corrected chi connectivity index (χ3v) is 5.50. The van der Waals surface area contributed by atoms with E-state index < -0.39 is 5.60 Å². The first-order valence-corrected chi connectivity index (χ1v) is 9.44. The van der Waals surface area contributed by atoms with Crippen LogP contribution >= 0.6 is 24.0 Å². The molecule has 0 saturated heterocycles. The van der Waals surface area contributed by atoms with Crippen LogP contribution in [0.15, 0.2) is 42.7 Å². The van der Waals surface area contributed by atoms with Gasteiger partial charge < -0.3 is 10.0 Å². The fourth-order valence-corrected chi connectivity index (χ4v) is 4.30. The topological polar surface area (TPSA) is 36.4 Å². The summed E-state index contributed by atoms with van der Waals surface area (Å²) < 4.78 is 0. The first-order chi connectivity index (χ1) is 12.0. The molecule has 1 aliphatic rings. The van der Waals surface area contributed by atoms with Crippen molar-refractivity contribution in [2.75, 3.05) is 20.6 Å². The zero-order chi connectivity index (χ0) is 17.9. The van der Waals surface area contributed by atoms with Crippen molar-refractivity contribution in [3.63, 3.8) is 0 Å². The highest BCUT2D eigenvalue weighted by Gasteiger charge is 2.41. The number of halogens is 2. The Kier molecular flexibility index (Phi) is 7.48. The van der Waals surface area contributed by atoms with Crippen LogP contribution in [0.4, 0.5) is 0 Å². The van der Waals surface area contributed by atoms with Gasteiger partial charge in [-0.3, -0.25) is 4.98 Å². The average molecular weight is 395 g/mol. The molecule has 3 nitrogen and oxygen atoms in total. The SMILES string of the molecule is CN(C)CCC[C@]1(O)c2ccccc2CCC[C@H]1c1cncc(Cl)c1.Cl. The summed E-state index contributed by atoms with van der Waals surface area (Å²) in [6.07, 6.45) is 8.21. The number of pyridine rings is 1. The molecule has 0 radical (unpaired) electrons. The molecule has 0 saturated carbocycles. The lowest BCUT2D eigenvalue weighted by Crippen LogP contribution is -2.34. The molecule has 5 heteroatoms. The van der Waals surface area contributed by atoms with Gasteiger partial charge in [-0.2, -0.15) is 0 Å². The highest BCUT2D eigenvalue weighted by molar-refractivity contribution is 6.30. The van der Waals surface area contributed by atoms with Crippen LogP contribution in [-0.4, -0.2) is 35.6 Å². The third-order valence-electron chi connectivity index (χ3n) is 5.29. The minimum absolute atomic E-state index is 0. The van der Waals surface area contributed by atoms with Gasteiger partial charge in [-0.1, -0.05) is 35.9 Å². The molecule has 142 valence electrons. The van der Waals surface area contributed by atoms with E-state index in [0.29, 0.717) is 5.02 Å². The van der Waals surface area contributed by atoms with Gasteiger partial charge in [0.25, 0.3) is 0 Å². The van der Waals surface area contributed by atoms with Gasteiger partial charge in [0.2, 0.25) is 0 Å². The second kappa shape index (κ2) is 9.18. The summed E-state index contributed by atoms with van der Waals surface area (Å²) in [5, 5.41) is 12.6. The molecular formula is C21H28Cl2N2O. The van der Waals surface area contributed by atoms with Crippen LogP contribution in [0.3, 0.4) is 0 Å². The number of fused-ring (bicyclic) bond motifs is 1. The second-order valence-corrected chi connectivity index (χ2v) is 7.81. The summed E-state index contributed by atoms with van der Waals surface area (Å²) >= 11 is 6.19. The smallest absolute Gasteiger partial charge is 0.0968 e. The maximum Gasteiger partial charge on any atom is 0.0968 e. The minimum atomic E-state index is -0.879. The highest BCUT2D eigenvalue weighted by atomic mass is 35.5. The first-order valence-electron chi connectivity index (χ1n) is 9.06. The van der Waals surface area contributed by atoms with Crippen LogP contribution in [-0.2, 0) is 12.0 Å². The number of nitrogens with zero attached hydrogens (tertiary/aromatic N) is 2. The van der Waals surface area contributed by atoms with Gasteiger partial charge in [0.15, 0.2) is 0 Å². The van der Waals surface area contributed by atoms with Crippen LogP contribution in [0.1, 0.15) is 48.3 Å². The second-order valence-electron chi connectivity index (χ2n) is 7.37. The molecule has 0 spiro atoms. The first kappa shape index (κ1) is 21.2. The van der Waals surface area contributed by atoms with Crippen LogP contribution in [0.5, 0.6) is 0 Å². The van der Waals surface area contributed by atoms with E-state index in [1.54, 1.807) is 6.20 Å². The predicted molar refractivity (Wildman–Crippen MR) is 110 cm³/mol. The molecule has 0 aliphatic heterocycles. The molecule has 26 heavy (non-hydrogen) atoms. The van der Waals surface area contributed by atoms with E-state index in [2.05, 4.69) is 42.2 Å². The monoisotopic (exact) mass is 394 g/mol. The number of aryl methyl sites for hydroxylation is 1. The normalized spacial score (nSPS) is 22.4. The van der Waals surface area contributed by atoms with E-state index in [0.717, 1.165) is 49.8 Å². The molecule has 2 atom stereocenters. The Morgan fingerprint density at radius 3 is 2.77 bits per heavy atom. The van der Waals surface area contributed by atoms with Crippen molar-refractivity contribution >= 4 is 24.0 Å². The van der Waals surface area contributed by atoms with Crippen molar-refractivity contribution < 1.29 is 5.11 Å². The van der Waals surface area contributed by atoms with Crippen LogP contribution in [0.2, 0.25) is 5.02 Å². The van der Waals surface area contributed by atoms with E-state index in [1.165, 1.54) is 5.56 Å². The van der Waals surface area contributed by atoms with Gasteiger partial charge in [-0.05, 0) is 75.5 Å². The molecule has 0 unspecified atom stereocenters. The number of aromatic nitrogens is 1. The lowest BCUT2D eigenvalue weighted by molar-refractivity contribution is -0.00614. The Morgan fingerprint density at radius 2 is 2.04 bits per heavy atom. The maximum atomic E-state index is 11.9. The quantitative estimate of drug-likeness (QED) is 0.739. The van der Waals surface area contributed by atoms with Crippen molar-refractivity contribution in [3.05, 3.63) is 64.4 Å². The number of benzene rings is 1. The van der Waals surface area contributed by atoms with E-state index in [4.69, 9.17) is 11.6 Å². The molecule has 2 aromatic rings. The minimum Gasteiger partial charge on any atom is -0.385 e. The summed E-state index contributed by atoms with van der Waals surface area (Å²) in [6, 6.07) is 10.3. The summed E-state index contributed by atoms with van der Waals surface area (Å²) in [6.45, 7) is 0.963. The van der Waals surface area contributed by atoms with Crippen LogP contribution in [0.25, 0.3) is 0 Å². The van der Waals surface area contributed by atoms with Gasteiger partial charge in [0.1, 0.15) is 0 Å². The van der Waals surface area contributed by atoms with Gasteiger partial charge in [-0.25, -0.2) is 0 Å². The van der Waals surface area contributed by atoms with E-state index in [9.17, 15) is 5.11 Å². The molecule has 1 aromatic heterocycles. The Balaban J connectivity index is 0.00000243. The number of rotatable bonds is 5. The van der Waals surface area contributed by atoms with Gasteiger partial charge in [0, 0.05) is 18.3 Å². The Bertz CT molecular complexity index is 723. The lowest BCUT2D eigenvalue weighted by Gasteiger charge is -2.37. The van der Waals surface area contributed by atoms with Crippen LogP contribution in [0, 0.1) is 0 Å². The molecule has 0 fully saturated rings. The molecular weight excluding hydrogens is 367 g/mol. The molecule has 1 aromatic carbocycles. The van der Waals surface area contributed by atoms with E-state index in [-0.39, 0.29) is 18.3 Å². The predicted octanol–water partition coefficient (Wildman–Crippen LogP) is 4.81. The summed E-state index contributed by atoms with van der Waals surface area (Å²) in [4.78, 5) is 6.44. The standard InChI is InChI=1S/C21H27ClN2O.ClH/c1-24(2)12-6-11-21(25)19-9-4-3-7-16(19)8-5-10-20(21)17-13-18(22)15-23-14-17;/h3-4,7,9,13-15,20,25H,5-6,8,10-12H2,1-2H3;1H/t20-,21-;/m0./s1. The zero-order valence-electron chi connectivity index (χ0n) is 15.5. The molecule has 0 amide bonds. The zero-order valence-corrected chi connectivity index (χ0v) is 17.1. The molecule has 1 heterocycles. The summed E-state index contributed by atoms with van der Waals surface area (Å²) in [5.74, 6) is 0.0181. The van der Waals surface area contributed by atoms with E-state index >= 15 is 0 Å². The fraction of sp³-hybridized carbons (Fsp3) is 0.476. The fourth-order valence-electron chi connectivity index (χ4n) is 4.12. The van der Waals surface area contributed by atoms with Gasteiger partial charge >= 0.3 is 0 Å². The van der Waals surface area contributed by atoms with E-state index in [1.807, 2.05) is 18.3 Å². The number of hydrogen-bond donors (Lipinski definition) is 1.